The summed E-state index contributed by atoms with van der Waals surface area (Å²) in [6, 6.07) is 4.20. The lowest BCUT2D eigenvalue weighted by molar-refractivity contribution is -0.143. The Hall–Kier alpha value is -2.85. The van der Waals surface area contributed by atoms with E-state index in [9.17, 15) is 26.3 Å². The summed E-state index contributed by atoms with van der Waals surface area (Å²) >= 11 is 0. The normalized spacial score (nSPS) is 15.3. The van der Waals surface area contributed by atoms with E-state index in [1.807, 2.05) is 0 Å². The van der Waals surface area contributed by atoms with Gasteiger partial charge < -0.3 is 4.42 Å². The van der Waals surface area contributed by atoms with Crippen molar-refractivity contribution in [3.8, 4) is 17.4 Å². The molecule has 5 nitrogen and oxygen atoms in total. The van der Waals surface area contributed by atoms with Gasteiger partial charge in [-0.05, 0) is 37.1 Å². The van der Waals surface area contributed by atoms with Gasteiger partial charge in [-0.2, -0.15) is 36.1 Å². The predicted molar refractivity (Wildman–Crippen MR) is 78.8 cm³/mol. The molecule has 27 heavy (non-hydrogen) atoms. The van der Waals surface area contributed by atoms with E-state index < -0.39 is 29.7 Å². The molecule has 142 valence electrons. The van der Waals surface area contributed by atoms with Gasteiger partial charge in [-0.15, -0.1) is 0 Å². The van der Waals surface area contributed by atoms with Crippen LogP contribution in [0.2, 0.25) is 0 Å². The lowest BCUT2D eigenvalue weighted by Crippen LogP contribution is -2.18. The minimum atomic E-state index is -4.89. The van der Waals surface area contributed by atoms with E-state index in [0.29, 0.717) is 23.6 Å². The average Bonchev–Trinajstić information content (AvgIpc) is 3.11. The topological polar surface area (TPSA) is 56.7 Å². The highest BCUT2D eigenvalue weighted by Crippen LogP contribution is 2.42. The summed E-state index contributed by atoms with van der Waals surface area (Å²) in [6.45, 7) is 0. The first-order valence-electron chi connectivity index (χ1n) is 7.80. The summed E-state index contributed by atoms with van der Waals surface area (Å²) in [4.78, 5) is 7.10. The predicted octanol–water partition coefficient (Wildman–Crippen LogP) is 4.84. The summed E-state index contributed by atoms with van der Waals surface area (Å²) < 4.78 is 85.1. The van der Waals surface area contributed by atoms with Gasteiger partial charge in [0.15, 0.2) is 17.1 Å². The average molecular weight is 388 g/mol. The minimum absolute atomic E-state index is 0.0349. The fraction of sp³-hybridized carbons (Fsp3) is 0.312. The third-order valence-electron chi connectivity index (χ3n) is 3.98. The second kappa shape index (κ2) is 5.83. The molecule has 3 heterocycles. The summed E-state index contributed by atoms with van der Waals surface area (Å²) in [5, 5.41) is 3.83. The van der Waals surface area contributed by atoms with Crippen molar-refractivity contribution in [2.75, 3.05) is 0 Å². The second-order valence-electron chi connectivity index (χ2n) is 6.05. The summed E-state index contributed by atoms with van der Waals surface area (Å²) in [7, 11) is 0. The van der Waals surface area contributed by atoms with Crippen LogP contribution in [0.4, 0.5) is 26.3 Å². The molecule has 0 N–H and O–H groups in total. The summed E-state index contributed by atoms with van der Waals surface area (Å²) in [6.07, 6.45) is -7.15. The van der Waals surface area contributed by atoms with Crippen molar-refractivity contribution in [1.29, 1.82) is 0 Å². The van der Waals surface area contributed by atoms with Crippen LogP contribution in [-0.2, 0) is 12.4 Å². The Morgan fingerprint density at radius 3 is 2.30 bits per heavy atom. The first kappa shape index (κ1) is 17.6. The summed E-state index contributed by atoms with van der Waals surface area (Å²) in [5.41, 5.74) is -2.76. The third-order valence-corrected chi connectivity index (χ3v) is 3.98. The van der Waals surface area contributed by atoms with E-state index in [1.165, 1.54) is 18.4 Å². The van der Waals surface area contributed by atoms with Gasteiger partial charge in [0.2, 0.25) is 0 Å². The lowest BCUT2D eigenvalue weighted by atomic mass is 10.2. The van der Waals surface area contributed by atoms with Crippen molar-refractivity contribution in [2.45, 2.75) is 31.1 Å². The van der Waals surface area contributed by atoms with Gasteiger partial charge in [-0.25, -0.2) is 9.97 Å². The van der Waals surface area contributed by atoms with Gasteiger partial charge in [0.05, 0.1) is 12.0 Å². The molecule has 3 aromatic heterocycles. The molecule has 0 radical (unpaired) electrons. The van der Waals surface area contributed by atoms with Crippen LogP contribution in [-0.4, -0.2) is 19.7 Å². The van der Waals surface area contributed by atoms with E-state index in [2.05, 4.69) is 15.1 Å². The monoisotopic (exact) mass is 388 g/mol. The zero-order chi connectivity index (χ0) is 19.4. The van der Waals surface area contributed by atoms with E-state index in [1.54, 1.807) is 0 Å². The number of furan rings is 1. The minimum Gasteiger partial charge on any atom is -0.463 e. The summed E-state index contributed by atoms with van der Waals surface area (Å²) in [5.74, 6) is -0.995. The molecule has 1 saturated carbocycles. The Balaban J connectivity index is 1.92. The van der Waals surface area contributed by atoms with Crippen LogP contribution in [0, 0.1) is 0 Å². The Morgan fingerprint density at radius 1 is 1.00 bits per heavy atom. The number of alkyl halides is 6. The number of nitrogens with zero attached hydrogens (tertiary/aromatic N) is 4. The van der Waals surface area contributed by atoms with Crippen LogP contribution >= 0.6 is 0 Å². The van der Waals surface area contributed by atoms with Gasteiger partial charge in [-0.3, -0.25) is 0 Å². The Morgan fingerprint density at radius 2 is 1.74 bits per heavy atom. The standard InChI is InChI=1S/C16H10F6N4O/c17-15(18,19)12-6-10(11-2-1-5-27-11)23-14(24-12)26-13(16(20,21)22)7-9(25-26)8-3-4-8/h1-2,5-8H,3-4H2. The molecule has 1 aliphatic carbocycles. The van der Waals surface area contributed by atoms with Crippen molar-refractivity contribution in [3.63, 3.8) is 0 Å². The van der Waals surface area contributed by atoms with Gasteiger partial charge in [-0.1, -0.05) is 0 Å². The fourth-order valence-electron chi connectivity index (χ4n) is 2.56. The van der Waals surface area contributed by atoms with Gasteiger partial charge in [0.1, 0.15) is 5.69 Å². The number of hydrogen-bond acceptors (Lipinski definition) is 4. The van der Waals surface area contributed by atoms with E-state index in [4.69, 9.17) is 4.42 Å². The molecule has 0 bridgehead atoms. The molecule has 4 rings (SSSR count). The Kier molecular flexibility index (Phi) is 3.79. The highest BCUT2D eigenvalue weighted by Gasteiger charge is 2.40. The largest absolute Gasteiger partial charge is 0.463 e. The molecule has 0 saturated heterocycles. The maximum Gasteiger partial charge on any atom is 0.433 e. The number of aromatic nitrogens is 4. The molecule has 0 spiro atoms. The smallest absolute Gasteiger partial charge is 0.433 e. The van der Waals surface area contributed by atoms with Crippen LogP contribution in [0.3, 0.4) is 0 Å². The van der Waals surface area contributed by atoms with Crippen LogP contribution in [0.5, 0.6) is 0 Å². The molecule has 0 unspecified atom stereocenters. The molecule has 0 atom stereocenters. The van der Waals surface area contributed by atoms with E-state index >= 15 is 0 Å². The Labute approximate surface area is 147 Å². The molecule has 3 aromatic rings. The van der Waals surface area contributed by atoms with Crippen molar-refractivity contribution in [2.24, 2.45) is 0 Å². The molecule has 0 aromatic carbocycles. The highest BCUT2D eigenvalue weighted by molar-refractivity contribution is 5.53. The zero-order valence-corrected chi connectivity index (χ0v) is 13.3. The molecular weight excluding hydrogens is 378 g/mol. The maximum atomic E-state index is 13.4. The van der Waals surface area contributed by atoms with Crippen molar-refractivity contribution >= 4 is 0 Å². The maximum absolute atomic E-state index is 13.4. The highest BCUT2D eigenvalue weighted by atomic mass is 19.4. The molecular formula is C16H10F6N4O. The second-order valence-corrected chi connectivity index (χ2v) is 6.05. The van der Waals surface area contributed by atoms with Gasteiger partial charge in [0, 0.05) is 5.92 Å². The van der Waals surface area contributed by atoms with Crippen molar-refractivity contribution in [1.82, 2.24) is 19.7 Å². The first-order valence-corrected chi connectivity index (χ1v) is 7.80. The molecule has 0 aliphatic heterocycles. The first-order chi connectivity index (χ1) is 12.6. The van der Waals surface area contributed by atoms with Crippen LogP contribution in [0.15, 0.2) is 34.9 Å². The van der Waals surface area contributed by atoms with Crippen LogP contribution in [0.1, 0.15) is 35.8 Å². The Bertz CT molecular complexity index is 970. The van der Waals surface area contributed by atoms with Crippen molar-refractivity contribution in [3.05, 3.63) is 47.6 Å². The fourth-order valence-corrected chi connectivity index (χ4v) is 2.56. The lowest BCUT2D eigenvalue weighted by Gasteiger charge is -2.12. The number of halogens is 6. The van der Waals surface area contributed by atoms with Crippen LogP contribution in [0.25, 0.3) is 17.4 Å². The molecule has 0 amide bonds. The SMILES string of the molecule is FC(F)(F)c1cc(-c2ccco2)nc(-n2nc(C3CC3)cc2C(F)(F)F)n1. The number of hydrogen-bond donors (Lipinski definition) is 0. The van der Waals surface area contributed by atoms with Crippen molar-refractivity contribution < 1.29 is 30.8 Å². The van der Waals surface area contributed by atoms with E-state index in [-0.39, 0.29) is 23.1 Å². The third kappa shape index (κ3) is 3.40. The molecule has 1 fully saturated rings. The van der Waals surface area contributed by atoms with Gasteiger partial charge >= 0.3 is 12.4 Å². The van der Waals surface area contributed by atoms with Crippen LogP contribution < -0.4 is 0 Å². The molecule has 1 aliphatic rings. The molecule has 11 heteroatoms. The quantitative estimate of drug-likeness (QED) is 0.603. The van der Waals surface area contributed by atoms with Gasteiger partial charge in [0.25, 0.3) is 5.95 Å². The van der Waals surface area contributed by atoms with E-state index in [0.717, 1.165) is 6.07 Å². The zero-order valence-electron chi connectivity index (χ0n) is 13.3. The number of rotatable bonds is 3.